The zero-order valence-electron chi connectivity index (χ0n) is 13.2. The number of fused-ring (bicyclic) bond motifs is 1. The summed E-state index contributed by atoms with van der Waals surface area (Å²) >= 11 is 1.30. The van der Waals surface area contributed by atoms with Crippen LogP contribution in [0.4, 0.5) is 13.2 Å². The molecule has 0 fully saturated rings. The highest BCUT2D eigenvalue weighted by Gasteiger charge is 2.31. The highest BCUT2D eigenvalue weighted by atomic mass is 32.2. The van der Waals surface area contributed by atoms with Gasteiger partial charge in [0.05, 0.1) is 10.5 Å². The summed E-state index contributed by atoms with van der Waals surface area (Å²) in [6, 6.07) is 1.90. The molecular formula is C15H13F3N4O2S. The predicted octanol–water partition coefficient (Wildman–Crippen LogP) is 3.56. The van der Waals surface area contributed by atoms with E-state index < -0.39 is 17.7 Å². The van der Waals surface area contributed by atoms with Gasteiger partial charge in [-0.25, -0.2) is 9.78 Å². The SMILES string of the molecule is CCSc1c(-c2cn3ccc(C(F)(F)F)cc3n2)nn(C)c1C(=O)O. The number of aromatic nitrogens is 4. The van der Waals surface area contributed by atoms with Gasteiger partial charge in [-0.15, -0.1) is 11.8 Å². The third kappa shape index (κ3) is 3.09. The molecule has 0 atom stereocenters. The van der Waals surface area contributed by atoms with Crippen LogP contribution in [0.15, 0.2) is 29.4 Å². The van der Waals surface area contributed by atoms with Crippen LogP contribution in [0, 0.1) is 0 Å². The fourth-order valence-electron chi connectivity index (χ4n) is 2.46. The monoisotopic (exact) mass is 370 g/mol. The summed E-state index contributed by atoms with van der Waals surface area (Å²) in [5.41, 5.74) is -0.00961. The first-order valence-corrected chi connectivity index (χ1v) is 8.20. The normalized spacial score (nSPS) is 12.0. The Bertz CT molecular complexity index is 962. The Labute approximate surface area is 144 Å². The van der Waals surface area contributed by atoms with Gasteiger partial charge < -0.3 is 9.51 Å². The van der Waals surface area contributed by atoms with E-state index in [1.807, 2.05) is 6.92 Å². The second kappa shape index (κ2) is 6.10. The number of carboxylic acids is 1. The quantitative estimate of drug-likeness (QED) is 0.711. The van der Waals surface area contributed by atoms with E-state index in [2.05, 4.69) is 10.1 Å². The molecule has 0 aliphatic rings. The number of alkyl halides is 3. The topological polar surface area (TPSA) is 72.4 Å². The van der Waals surface area contributed by atoms with Crippen LogP contribution in [0.3, 0.4) is 0 Å². The number of thioether (sulfide) groups is 1. The molecule has 0 amide bonds. The molecule has 0 saturated heterocycles. The van der Waals surface area contributed by atoms with Gasteiger partial charge in [0.1, 0.15) is 17.0 Å². The maximum Gasteiger partial charge on any atom is 0.416 e. The second-order valence-electron chi connectivity index (χ2n) is 5.19. The van der Waals surface area contributed by atoms with E-state index in [1.54, 1.807) is 0 Å². The Balaban J connectivity index is 2.16. The molecule has 3 rings (SSSR count). The molecule has 0 radical (unpaired) electrons. The zero-order chi connectivity index (χ0) is 18.4. The number of halogens is 3. The molecule has 0 bridgehead atoms. The maximum atomic E-state index is 12.8. The number of aromatic carboxylic acids is 1. The lowest BCUT2D eigenvalue weighted by molar-refractivity contribution is -0.137. The van der Waals surface area contributed by atoms with Crippen molar-refractivity contribution in [3.63, 3.8) is 0 Å². The first kappa shape index (κ1) is 17.3. The second-order valence-corrected chi connectivity index (χ2v) is 6.47. The highest BCUT2D eigenvalue weighted by Crippen LogP contribution is 2.34. The molecule has 3 heterocycles. The highest BCUT2D eigenvalue weighted by molar-refractivity contribution is 7.99. The van der Waals surface area contributed by atoms with Crippen LogP contribution in [0.25, 0.3) is 17.0 Å². The number of nitrogens with zero attached hydrogens (tertiary/aromatic N) is 4. The van der Waals surface area contributed by atoms with Gasteiger partial charge in [0, 0.05) is 19.4 Å². The molecule has 0 spiro atoms. The maximum absolute atomic E-state index is 12.8. The van der Waals surface area contributed by atoms with Gasteiger partial charge >= 0.3 is 12.1 Å². The van der Waals surface area contributed by atoms with E-state index in [9.17, 15) is 23.1 Å². The van der Waals surface area contributed by atoms with Crippen molar-refractivity contribution >= 4 is 23.4 Å². The number of carbonyl (C=O) groups is 1. The van der Waals surface area contributed by atoms with E-state index in [4.69, 9.17) is 0 Å². The van der Waals surface area contributed by atoms with Crippen molar-refractivity contribution in [3.8, 4) is 11.4 Å². The van der Waals surface area contributed by atoms with Gasteiger partial charge in [-0.1, -0.05) is 6.92 Å². The molecule has 0 unspecified atom stereocenters. The molecular weight excluding hydrogens is 357 g/mol. The molecule has 132 valence electrons. The van der Waals surface area contributed by atoms with E-state index in [1.165, 1.54) is 40.3 Å². The van der Waals surface area contributed by atoms with Crippen molar-refractivity contribution < 1.29 is 23.1 Å². The summed E-state index contributed by atoms with van der Waals surface area (Å²) in [6.45, 7) is 1.87. The van der Waals surface area contributed by atoms with Crippen molar-refractivity contribution in [1.82, 2.24) is 19.2 Å². The first-order valence-electron chi connectivity index (χ1n) is 7.21. The molecule has 0 aliphatic heterocycles. The number of imidazole rings is 1. The van der Waals surface area contributed by atoms with Gasteiger partial charge in [0.25, 0.3) is 0 Å². The summed E-state index contributed by atoms with van der Waals surface area (Å²) in [6.07, 6.45) is -1.66. The molecule has 0 aromatic carbocycles. The van der Waals surface area contributed by atoms with Crippen molar-refractivity contribution in [2.75, 3.05) is 5.75 Å². The summed E-state index contributed by atoms with van der Waals surface area (Å²) < 4.78 is 41.2. The molecule has 10 heteroatoms. The Morgan fingerprint density at radius 3 is 2.72 bits per heavy atom. The van der Waals surface area contributed by atoms with Gasteiger partial charge in [-0.3, -0.25) is 4.68 Å². The van der Waals surface area contributed by atoms with E-state index in [0.717, 1.165) is 12.1 Å². The predicted molar refractivity (Wildman–Crippen MR) is 85.8 cm³/mol. The smallest absolute Gasteiger partial charge is 0.416 e. The minimum Gasteiger partial charge on any atom is -0.476 e. The summed E-state index contributed by atoms with van der Waals surface area (Å²) in [5, 5.41) is 13.6. The Kier molecular flexibility index (Phi) is 4.23. The molecule has 25 heavy (non-hydrogen) atoms. The minimum absolute atomic E-state index is 0.0230. The van der Waals surface area contributed by atoms with Crippen LogP contribution in [-0.2, 0) is 13.2 Å². The average molecular weight is 370 g/mol. The third-order valence-electron chi connectivity index (χ3n) is 3.53. The van der Waals surface area contributed by atoms with Crippen LogP contribution >= 0.6 is 11.8 Å². The Hall–Kier alpha value is -2.49. The van der Waals surface area contributed by atoms with Crippen LogP contribution in [-0.4, -0.2) is 36.0 Å². The number of pyridine rings is 1. The minimum atomic E-state index is -4.46. The number of hydrogen-bond acceptors (Lipinski definition) is 4. The van der Waals surface area contributed by atoms with Crippen molar-refractivity contribution in [1.29, 1.82) is 0 Å². The summed E-state index contributed by atoms with van der Waals surface area (Å²) in [7, 11) is 1.50. The lowest BCUT2D eigenvalue weighted by atomic mass is 10.2. The van der Waals surface area contributed by atoms with Crippen molar-refractivity contribution in [3.05, 3.63) is 35.8 Å². The largest absolute Gasteiger partial charge is 0.476 e. The van der Waals surface area contributed by atoms with Gasteiger partial charge in [0.2, 0.25) is 0 Å². The first-order chi connectivity index (χ1) is 11.7. The van der Waals surface area contributed by atoms with Crippen LogP contribution < -0.4 is 0 Å². The molecule has 3 aromatic rings. The van der Waals surface area contributed by atoms with Gasteiger partial charge in [-0.05, 0) is 17.9 Å². The van der Waals surface area contributed by atoms with Gasteiger partial charge in [0.15, 0.2) is 5.69 Å². The fourth-order valence-corrected chi connectivity index (χ4v) is 3.39. The summed E-state index contributed by atoms with van der Waals surface area (Å²) in [4.78, 5) is 16.1. The fraction of sp³-hybridized carbons (Fsp3) is 0.267. The van der Waals surface area contributed by atoms with E-state index in [-0.39, 0.29) is 11.3 Å². The number of carboxylic acid groups (broad SMARTS) is 1. The lowest BCUT2D eigenvalue weighted by Gasteiger charge is -2.05. The van der Waals surface area contributed by atoms with E-state index in [0.29, 0.717) is 22.0 Å². The summed E-state index contributed by atoms with van der Waals surface area (Å²) in [5.74, 6) is -0.509. The Morgan fingerprint density at radius 1 is 1.40 bits per heavy atom. The van der Waals surface area contributed by atoms with Crippen LogP contribution in [0.2, 0.25) is 0 Å². The molecule has 1 N–H and O–H groups in total. The Morgan fingerprint density at radius 2 is 2.12 bits per heavy atom. The standard InChI is InChI=1S/C15H13F3N4O2S/c1-3-25-13-11(20-21(2)12(13)14(23)24)9-7-22-5-4-8(15(16,17)18)6-10(22)19-9/h4-7H,3H2,1-2H3,(H,23,24). The van der Waals surface area contributed by atoms with Gasteiger partial charge in [-0.2, -0.15) is 18.3 Å². The van der Waals surface area contributed by atoms with Crippen LogP contribution in [0.1, 0.15) is 23.0 Å². The number of aryl methyl sites for hydroxylation is 1. The molecule has 0 saturated carbocycles. The number of hydrogen-bond donors (Lipinski definition) is 1. The molecule has 6 nitrogen and oxygen atoms in total. The molecule has 0 aliphatic carbocycles. The van der Waals surface area contributed by atoms with Crippen molar-refractivity contribution in [2.24, 2.45) is 7.05 Å². The average Bonchev–Trinajstić information content (AvgIpc) is 3.06. The lowest BCUT2D eigenvalue weighted by Crippen LogP contribution is -2.06. The number of rotatable bonds is 4. The molecule has 3 aromatic heterocycles. The third-order valence-corrected chi connectivity index (χ3v) is 4.49. The zero-order valence-corrected chi connectivity index (χ0v) is 14.0. The van der Waals surface area contributed by atoms with Crippen molar-refractivity contribution in [2.45, 2.75) is 18.0 Å². The van der Waals surface area contributed by atoms with E-state index >= 15 is 0 Å². The van der Waals surface area contributed by atoms with Crippen LogP contribution in [0.5, 0.6) is 0 Å².